The van der Waals surface area contributed by atoms with E-state index >= 15 is 0 Å². The van der Waals surface area contributed by atoms with Gasteiger partial charge in [-0.25, -0.2) is 0 Å². The fourth-order valence-corrected chi connectivity index (χ4v) is 2.79. The molecular weight excluding hydrogens is 479 g/mol. The molecule has 0 fully saturated rings. The van der Waals surface area contributed by atoms with Gasteiger partial charge in [0.2, 0.25) is 0 Å². The van der Waals surface area contributed by atoms with Crippen LogP contribution in [-0.4, -0.2) is 40.4 Å². The molecule has 0 radical (unpaired) electrons. The second-order valence-electron chi connectivity index (χ2n) is 5.74. The van der Waals surface area contributed by atoms with Crippen LogP contribution in [0.2, 0.25) is 4.44 Å². The predicted molar refractivity (Wildman–Crippen MR) is 107 cm³/mol. The van der Waals surface area contributed by atoms with Crippen LogP contribution in [0.1, 0.15) is 50.7 Å². The zero-order valence-corrected chi connectivity index (χ0v) is 19.8. The SMILES string of the molecule is CC(=O)[O-].CC(=O)[O-].CC(=O)[O-].[Sn+3][CH2]CCC(c1ccccc1)c1ccccc1. The summed E-state index contributed by atoms with van der Waals surface area (Å²) in [4.78, 5) is 26.7. The van der Waals surface area contributed by atoms with Crippen molar-refractivity contribution in [3.05, 3.63) is 71.8 Å². The van der Waals surface area contributed by atoms with Crippen molar-refractivity contribution < 1.29 is 29.7 Å². The number of rotatable bonds is 5. The van der Waals surface area contributed by atoms with Gasteiger partial charge < -0.3 is 29.7 Å². The van der Waals surface area contributed by atoms with Crippen molar-refractivity contribution in [2.75, 3.05) is 0 Å². The van der Waals surface area contributed by atoms with Gasteiger partial charge in [-0.15, -0.1) is 0 Å². The molecule has 0 saturated carbocycles. The van der Waals surface area contributed by atoms with Crippen LogP contribution in [0, 0.1) is 0 Å². The van der Waals surface area contributed by atoms with E-state index in [4.69, 9.17) is 29.7 Å². The summed E-state index contributed by atoms with van der Waals surface area (Å²) in [5.41, 5.74) is 2.89. The molecule has 0 aliphatic heterocycles. The number of carboxylic acid groups (broad SMARTS) is 3. The van der Waals surface area contributed by atoms with Crippen LogP contribution >= 0.6 is 0 Å². The van der Waals surface area contributed by atoms with Crippen LogP contribution in [-0.2, 0) is 14.4 Å². The third-order valence-corrected chi connectivity index (χ3v) is 4.08. The van der Waals surface area contributed by atoms with Crippen LogP contribution in [0.5, 0.6) is 0 Å². The first kappa shape index (κ1) is 28.9. The van der Waals surface area contributed by atoms with Crippen molar-refractivity contribution in [3.63, 3.8) is 0 Å². The van der Waals surface area contributed by atoms with Gasteiger partial charge in [-0.2, -0.15) is 0 Å². The average Bonchev–Trinajstić information content (AvgIpc) is 2.62. The summed E-state index contributed by atoms with van der Waals surface area (Å²) in [5.74, 6) is -2.68. The molecule has 2 rings (SSSR count). The third kappa shape index (κ3) is 21.8. The zero-order chi connectivity index (χ0) is 22.7. The Kier molecular flexibility index (Phi) is 18.9. The Balaban J connectivity index is 0. The Morgan fingerprint density at radius 1 is 0.724 bits per heavy atom. The Morgan fingerprint density at radius 2 is 1.00 bits per heavy atom. The van der Waals surface area contributed by atoms with Crippen LogP contribution in [0.3, 0.4) is 0 Å². The number of hydrogen-bond acceptors (Lipinski definition) is 6. The molecule has 6 nitrogen and oxygen atoms in total. The van der Waals surface area contributed by atoms with Gasteiger partial charge in [0.15, 0.2) is 0 Å². The van der Waals surface area contributed by atoms with Crippen molar-refractivity contribution in [1.82, 2.24) is 0 Å². The van der Waals surface area contributed by atoms with E-state index < -0.39 is 17.9 Å². The quantitative estimate of drug-likeness (QED) is 0.545. The topological polar surface area (TPSA) is 120 Å². The molecule has 0 heterocycles. The van der Waals surface area contributed by atoms with Gasteiger partial charge in [-0.1, -0.05) is 0 Å². The number of aliphatic carboxylic acids is 3. The summed E-state index contributed by atoms with van der Waals surface area (Å²) in [6, 6.07) is 21.8. The van der Waals surface area contributed by atoms with E-state index in [1.165, 1.54) is 28.4 Å². The first-order valence-electron chi connectivity index (χ1n) is 8.89. The molecular formula is C22H26O6Sn. The summed E-state index contributed by atoms with van der Waals surface area (Å²) in [5, 5.41) is 26.7. The molecule has 0 N–H and O–H groups in total. The maximum atomic E-state index is 8.89. The molecule has 0 amide bonds. The molecule has 29 heavy (non-hydrogen) atoms. The molecule has 0 aromatic heterocycles. The van der Waals surface area contributed by atoms with Gasteiger partial charge in [-0.05, 0) is 20.8 Å². The van der Waals surface area contributed by atoms with E-state index in [-0.39, 0.29) is 0 Å². The molecule has 2 aromatic carbocycles. The third-order valence-electron chi connectivity index (χ3n) is 3.07. The van der Waals surface area contributed by atoms with Crippen molar-refractivity contribution in [1.29, 1.82) is 0 Å². The van der Waals surface area contributed by atoms with Gasteiger partial charge in [0.1, 0.15) is 0 Å². The van der Waals surface area contributed by atoms with E-state index in [9.17, 15) is 0 Å². The second kappa shape index (κ2) is 19.0. The van der Waals surface area contributed by atoms with Crippen LogP contribution in [0.25, 0.3) is 0 Å². The van der Waals surface area contributed by atoms with Crippen molar-refractivity contribution in [3.8, 4) is 0 Å². The van der Waals surface area contributed by atoms with Crippen molar-refractivity contribution >= 4 is 40.4 Å². The molecule has 0 saturated heterocycles. The van der Waals surface area contributed by atoms with Gasteiger partial charge in [0.05, 0.1) is 0 Å². The van der Waals surface area contributed by atoms with Crippen LogP contribution in [0.15, 0.2) is 60.7 Å². The van der Waals surface area contributed by atoms with Crippen molar-refractivity contribution in [2.24, 2.45) is 0 Å². The molecule has 2 aromatic rings. The molecule has 0 atom stereocenters. The van der Waals surface area contributed by atoms with E-state index in [1.807, 2.05) is 0 Å². The summed E-state index contributed by atoms with van der Waals surface area (Å²) < 4.78 is 1.35. The fourth-order valence-electron chi connectivity index (χ4n) is 2.20. The summed E-state index contributed by atoms with van der Waals surface area (Å²) in [7, 11) is 0. The zero-order valence-electron chi connectivity index (χ0n) is 16.9. The molecule has 0 aliphatic carbocycles. The molecule has 0 aliphatic rings. The molecule has 154 valence electrons. The Labute approximate surface area is 185 Å². The van der Waals surface area contributed by atoms with E-state index in [0.717, 1.165) is 20.8 Å². The van der Waals surface area contributed by atoms with Crippen LogP contribution in [0.4, 0.5) is 0 Å². The monoisotopic (exact) mass is 506 g/mol. The minimum atomic E-state index is -1.08. The number of benzene rings is 2. The second-order valence-corrected chi connectivity index (χ2v) is 7.17. The Morgan fingerprint density at radius 3 is 1.24 bits per heavy atom. The number of hydrogen-bond donors (Lipinski definition) is 0. The first-order chi connectivity index (χ1) is 13.6. The molecule has 0 bridgehead atoms. The number of carbonyl (C=O) groups excluding carboxylic acids is 3. The molecule has 7 heteroatoms. The molecule has 0 unspecified atom stereocenters. The normalized spacial score (nSPS) is 8.90. The maximum absolute atomic E-state index is 8.89. The van der Waals surface area contributed by atoms with Crippen LogP contribution < -0.4 is 15.3 Å². The molecule has 0 spiro atoms. The van der Waals surface area contributed by atoms with Crippen molar-refractivity contribution in [2.45, 2.75) is 44.0 Å². The summed E-state index contributed by atoms with van der Waals surface area (Å²) in [6.45, 7) is 2.92. The van der Waals surface area contributed by atoms with Gasteiger partial charge in [0, 0.05) is 17.9 Å². The van der Waals surface area contributed by atoms with Gasteiger partial charge >= 0.3 is 118 Å². The summed E-state index contributed by atoms with van der Waals surface area (Å²) in [6.07, 6.45) is 2.59. The average molecular weight is 505 g/mol. The Hall–Kier alpha value is -2.35. The fraction of sp³-hybridized carbons (Fsp3) is 0.318. The Bertz CT molecular complexity index is 609. The van der Waals surface area contributed by atoms with E-state index in [1.54, 1.807) is 22.5 Å². The number of carboxylic acids is 3. The van der Waals surface area contributed by atoms with Gasteiger partial charge in [-0.3, -0.25) is 0 Å². The standard InChI is InChI=1S/C16H17.3C2H4O2.Sn/c1-2-9-16(14-10-5-3-6-11-14)15-12-7-4-8-13-15;3*1-2(3)4;/h3-8,10-13,16H,1-2,9H2;3*1H3,(H,3,4);/q;;;;+3/p-3. The first-order valence-corrected chi connectivity index (χ1v) is 10.9. The minimum absolute atomic E-state index is 0.568. The summed E-state index contributed by atoms with van der Waals surface area (Å²) >= 11 is 1.65. The predicted octanol–water partition coefficient (Wildman–Crippen LogP) is 0.454. The van der Waals surface area contributed by atoms with E-state index in [2.05, 4.69) is 60.7 Å². The van der Waals surface area contributed by atoms with Gasteiger partial charge in [0.25, 0.3) is 0 Å². The number of carbonyl (C=O) groups is 3. The van der Waals surface area contributed by atoms with E-state index in [0.29, 0.717) is 5.92 Å².